The van der Waals surface area contributed by atoms with E-state index >= 15 is 0 Å². The molecule has 1 amide bonds. The first-order chi connectivity index (χ1) is 8.97. The van der Waals surface area contributed by atoms with Crippen LogP contribution >= 0.6 is 49.9 Å². The number of carbonyl (C=O) groups is 1. The lowest BCUT2D eigenvalue weighted by molar-refractivity contribution is 0.0939. The van der Waals surface area contributed by atoms with Crippen molar-refractivity contribution in [1.29, 1.82) is 0 Å². The molecule has 0 bridgehead atoms. The molecule has 0 aliphatic rings. The van der Waals surface area contributed by atoms with Crippen LogP contribution in [0.5, 0.6) is 0 Å². The summed E-state index contributed by atoms with van der Waals surface area (Å²) in [6.07, 6.45) is 0. The summed E-state index contributed by atoms with van der Waals surface area (Å²) in [5.74, 6) is -0.0519. The van der Waals surface area contributed by atoms with Gasteiger partial charge in [-0.05, 0) is 82.7 Å². The molecule has 0 spiro atoms. The van der Waals surface area contributed by atoms with E-state index in [1.165, 1.54) is 9.75 Å². The minimum absolute atomic E-state index is 0.0240. The Hall–Kier alpha value is -0.400. The summed E-state index contributed by atoms with van der Waals surface area (Å²) in [4.78, 5) is 14.7. The van der Waals surface area contributed by atoms with Gasteiger partial charge in [0.2, 0.25) is 0 Å². The van der Waals surface area contributed by atoms with Gasteiger partial charge in [-0.2, -0.15) is 0 Å². The molecule has 100 valence electrons. The number of hydrogen-bond acceptors (Lipinski definition) is 2. The Kier molecular flexibility index (Phi) is 5.03. The highest BCUT2D eigenvalue weighted by atomic mass is 127. The van der Waals surface area contributed by atoms with Crippen LogP contribution in [0, 0.1) is 10.5 Å². The number of halogens is 2. The summed E-state index contributed by atoms with van der Waals surface area (Å²) in [5.41, 5.74) is 0.673. The van der Waals surface area contributed by atoms with E-state index in [9.17, 15) is 4.79 Å². The molecule has 1 heterocycles. The van der Waals surface area contributed by atoms with Crippen molar-refractivity contribution < 1.29 is 4.79 Å². The van der Waals surface area contributed by atoms with E-state index in [1.54, 1.807) is 11.3 Å². The zero-order valence-electron chi connectivity index (χ0n) is 10.5. The van der Waals surface area contributed by atoms with Crippen LogP contribution in [-0.4, -0.2) is 5.91 Å². The van der Waals surface area contributed by atoms with Crippen molar-refractivity contribution in [3.8, 4) is 0 Å². The second-order valence-electron chi connectivity index (χ2n) is 4.27. The summed E-state index contributed by atoms with van der Waals surface area (Å²) in [6, 6.07) is 9.91. The summed E-state index contributed by atoms with van der Waals surface area (Å²) < 4.78 is 1.87. The first-order valence-corrected chi connectivity index (χ1v) is 8.48. The van der Waals surface area contributed by atoms with E-state index in [-0.39, 0.29) is 11.9 Å². The van der Waals surface area contributed by atoms with Crippen molar-refractivity contribution in [1.82, 2.24) is 5.32 Å². The van der Waals surface area contributed by atoms with Gasteiger partial charge in [-0.25, -0.2) is 0 Å². The molecule has 0 aliphatic carbocycles. The lowest BCUT2D eigenvalue weighted by Crippen LogP contribution is -2.26. The maximum atomic E-state index is 12.3. The topological polar surface area (TPSA) is 29.1 Å². The minimum atomic E-state index is -0.0519. The van der Waals surface area contributed by atoms with E-state index in [4.69, 9.17) is 0 Å². The zero-order valence-corrected chi connectivity index (χ0v) is 15.1. The van der Waals surface area contributed by atoms with Gasteiger partial charge in [0.05, 0.1) is 11.6 Å². The number of benzene rings is 1. The number of aryl methyl sites for hydroxylation is 1. The van der Waals surface area contributed by atoms with Crippen molar-refractivity contribution in [3.63, 3.8) is 0 Å². The van der Waals surface area contributed by atoms with Crippen LogP contribution in [0.25, 0.3) is 0 Å². The molecule has 1 aromatic heterocycles. The van der Waals surface area contributed by atoms with Crippen LogP contribution in [0.4, 0.5) is 0 Å². The third-order valence-corrected chi connectivity index (χ3v) is 5.25. The lowest BCUT2D eigenvalue weighted by atomic mass is 10.2. The van der Waals surface area contributed by atoms with Crippen LogP contribution in [0.3, 0.4) is 0 Å². The predicted octanol–water partition coefficient (Wildman–Crippen LogP) is 4.91. The third-order valence-electron chi connectivity index (χ3n) is 2.71. The number of hydrogen-bond donors (Lipinski definition) is 1. The van der Waals surface area contributed by atoms with Gasteiger partial charge < -0.3 is 5.32 Å². The molecule has 2 aromatic rings. The number of amides is 1. The molecular formula is C14H13BrINOS. The van der Waals surface area contributed by atoms with E-state index < -0.39 is 0 Å². The molecule has 2 rings (SSSR count). The first kappa shape index (κ1) is 15.0. The average molecular weight is 450 g/mol. The SMILES string of the molecule is Cc1ccc(C(C)NC(=O)c2cc(I)ccc2Br)s1. The van der Waals surface area contributed by atoms with Crippen LogP contribution in [0.2, 0.25) is 0 Å². The smallest absolute Gasteiger partial charge is 0.252 e. The monoisotopic (exact) mass is 449 g/mol. The Bertz CT molecular complexity index is 611. The maximum Gasteiger partial charge on any atom is 0.252 e. The number of thiophene rings is 1. The molecule has 19 heavy (non-hydrogen) atoms. The Balaban J connectivity index is 2.15. The summed E-state index contributed by atoms with van der Waals surface area (Å²) >= 11 is 7.34. The third kappa shape index (κ3) is 3.79. The van der Waals surface area contributed by atoms with Crippen LogP contribution in [-0.2, 0) is 0 Å². The van der Waals surface area contributed by atoms with Gasteiger partial charge in [0.15, 0.2) is 0 Å². The van der Waals surface area contributed by atoms with E-state index in [2.05, 4.69) is 62.9 Å². The summed E-state index contributed by atoms with van der Waals surface area (Å²) in [6.45, 7) is 4.07. The molecular weight excluding hydrogens is 437 g/mol. The van der Waals surface area contributed by atoms with Crippen LogP contribution < -0.4 is 5.32 Å². The molecule has 1 aromatic carbocycles. The number of rotatable bonds is 3. The minimum Gasteiger partial charge on any atom is -0.345 e. The molecule has 0 fully saturated rings. The molecule has 5 heteroatoms. The lowest BCUT2D eigenvalue weighted by Gasteiger charge is -2.13. The standard InChI is InChI=1S/C14H13BrINOS/c1-8-3-6-13(19-8)9(2)17-14(18)11-7-10(16)4-5-12(11)15/h3-7,9H,1-2H3,(H,17,18). The Morgan fingerprint density at radius 1 is 1.37 bits per heavy atom. The van der Waals surface area contributed by atoms with E-state index in [0.717, 1.165) is 8.04 Å². The average Bonchev–Trinajstić information content (AvgIpc) is 2.79. The Labute approximate surface area is 138 Å². The highest BCUT2D eigenvalue weighted by Gasteiger charge is 2.15. The molecule has 1 unspecified atom stereocenters. The summed E-state index contributed by atoms with van der Waals surface area (Å²) in [5, 5.41) is 3.03. The number of carbonyl (C=O) groups excluding carboxylic acids is 1. The van der Waals surface area contributed by atoms with Gasteiger partial charge in [-0.15, -0.1) is 11.3 Å². The van der Waals surface area contributed by atoms with Gasteiger partial charge in [0.25, 0.3) is 5.91 Å². The molecule has 0 saturated carbocycles. The maximum absolute atomic E-state index is 12.3. The highest BCUT2D eigenvalue weighted by molar-refractivity contribution is 14.1. The molecule has 2 nitrogen and oxygen atoms in total. The second kappa shape index (κ2) is 6.37. The van der Waals surface area contributed by atoms with Crippen molar-refractivity contribution in [2.45, 2.75) is 19.9 Å². The highest BCUT2D eigenvalue weighted by Crippen LogP contribution is 2.24. The zero-order chi connectivity index (χ0) is 14.0. The predicted molar refractivity (Wildman–Crippen MR) is 91.8 cm³/mol. The Morgan fingerprint density at radius 2 is 2.11 bits per heavy atom. The quantitative estimate of drug-likeness (QED) is 0.662. The fourth-order valence-electron chi connectivity index (χ4n) is 1.70. The van der Waals surface area contributed by atoms with Crippen LogP contribution in [0.1, 0.15) is 33.1 Å². The van der Waals surface area contributed by atoms with E-state index in [1.807, 2.05) is 25.1 Å². The van der Waals surface area contributed by atoms with Crippen molar-refractivity contribution in [2.24, 2.45) is 0 Å². The second-order valence-corrected chi connectivity index (χ2v) is 7.69. The molecule has 1 atom stereocenters. The van der Waals surface area contributed by atoms with E-state index in [0.29, 0.717) is 5.56 Å². The van der Waals surface area contributed by atoms with Crippen molar-refractivity contribution in [3.05, 3.63) is 53.7 Å². The molecule has 0 saturated heterocycles. The molecule has 0 aliphatic heterocycles. The largest absolute Gasteiger partial charge is 0.345 e. The van der Waals surface area contributed by atoms with Gasteiger partial charge in [-0.3, -0.25) is 4.79 Å². The summed E-state index contributed by atoms with van der Waals surface area (Å²) in [7, 11) is 0. The van der Waals surface area contributed by atoms with Gasteiger partial charge >= 0.3 is 0 Å². The first-order valence-electron chi connectivity index (χ1n) is 5.79. The normalized spacial score (nSPS) is 12.2. The fourth-order valence-corrected chi connectivity index (χ4v) is 3.50. The van der Waals surface area contributed by atoms with Gasteiger partial charge in [-0.1, -0.05) is 0 Å². The van der Waals surface area contributed by atoms with Gasteiger partial charge in [0.1, 0.15) is 0 Å². The number of nitrogens with one attached hydrogen (secondary N) is 1. The van der Waals surface area contributed by atoms with Gasteiger partial charge in [0, 0.05) is 17.8 Å². The van der Waals surface area contributed by atoms with Crippen molar-refractivity contribution in [2.75, 3.05) is 0 Å². The van der Waals surface area contributed by atoms with Crippen molar-refractivity contribution >= 4 is 55.8 Å². The molecule has 1 N–H and O–H groups in total. The Morgan fingerprint density at radius 3 is 2.74 bits per heavy atom. The van der Waals surface area contributed by atoms with Crippen LogP contribution in [0.15, 0.2) is 34.8 Å². The molecule has 0 radical (unpaired) electrons. The fraction of sp³-hybridized carbons (Fsp3) is 0.214.